The Bertz CT molecular complexity index is 130. The van der Waals surface area contributed by atoms with Crippen LogP contribution in [0.2, 0.25) is 0 Å². The SMILES string of the molecule is CNCCC(=O)N(C)CCSC. The number of carbonyl (C=O) groups is 1. The summed E-state index contributed by atoms with van der Waals surface area (Å²) in [6.45, 7) is 1.62. The van der Waals surface area contributed by atoms with E-state index in [4.69, 9.17) is 0 Å². The molecule has 0 rings (SSSR count). The topological polar surface area (TPSA) is 32.3 Å². The number of amides is 1. The minimum absolute atomic E-state index is 0.221. The van der Waals surface area contributed by atoms with E-state index in [0.717, 1.165) is 18.8 Å². The van der Waals surface area contributed by atoms with Gasteiger partial charge in [0, 0.05) is 32.3 Å². The minimum atomic E-state index is 0.221. The first-order valence-corrected chi connectivity index (χ1v) is 5.49. The molecule has 0 radical (unpaired) electrons. The van der Waals surface area contributed by atoms with Crippen molar-refractivity contribution in [3.63, 3.8) is 0 Å². The van der Waals surface area contributed by atoms with E-state index in [-0.39, 0.29) is 5.91 Å². The zero-order valence-electron chi connectivity index (χ0n) is 8.09. The molecule has 0 saturated carbocycles. The Hall–Kier alpha value is -0.220. The molecule has 1 amide bonds. The average Bonchev–Trinajstić information content (AvgIpc) is 2.10. The van der Waals surface area contributed by atoms with Gasteiger partial charge in [0.15, 0.2) is 0 Å². The predicted octanol–water partition coefficient (Wildman–Crippen LogP) is 0.417. The summed E-state index contributed by atoms with van der Waals surface area (Å²) in [6.07, 6.45) is 2.65. The third-order valence-electron chi connectivity index (χ3n) is 1.65. The zero-order chi connectivity index (χ0) is 9.40. The van der Waals surface area contributed by atoms with Gasteiger partial charge in [0.1, 0.15) is 0 Å². The summed E-state index contributed by atoms with van der Waals surface area (Å²) < 4.78 is 0. The van der Waals surface area contributed by atoms with E-state index in [0.29, 0.717) is 6.42 Å². The third kappa shape index (κ3) is 5.43. The Morgan fingerprint density at radius 3 is 2.75 bits per heavy atom. The third-order valence-corrected chi connectivity index (χ3v) is 2.24. The highest BCUT2D eigenvalue weighted by Gasteiger charge is 2.05. The highest BCUT2D eigenvalue weighted by Crippen LogP contribution is 1.95. The largest absolute Gasteiger partial charge is 0.345 e. The molecule has 0 atom stereocenters. The normalized spacial score (nSPS) is 9.92. The molecule has 3 nitrogen and oxygen atoms in total. The van der Waals surface area contributed by atoms with Crippen molar-refractivity contribution in [3.05, 3.63) is 0 Å². The predicted molar refractivity (Wildman–Crippen MR) is 54.6 cm³/mol. The second-order valence-corrected chi connectivity index (χ2v) is 3.65. The first-order valence-electron chi connectivity index (χ1n) is 4.10. The van der Waals surface area contributed by atoms with Crippen LogP contribution in [0.15, 0.2) is 0 Å². The number of hydrogen-bond acceptors (Lipinski definition) is 3. The molecule has 0 spiro atoms. The zero-order valence-corrected chi connectivity index (χ0v) is 8.91. The smallest absolute Gasteiger partial charge is 0.223 e. The van der Waals surface area contributed by atoms with Gasteiger partial charge in [0.05, 0.1) is 0 Å². The van der Waals surface area contributed by atoms with Gasteiger partial charge in [-0.3, -0.25) is 4.79 Å². The fraction of sp³-hybridized carbons (Fsp3) is 0.875. The number of rotatable bonds is 6. The molecular formula is C8H18N2OS. The Balaban J connectivity index is 3.47. The van der Waals surface area contributed by atoms with Crippen LogP contribution in [0, 0.1) is 0 Å². The highest BCUT2D eigenvalue weighted by molar-refractivity contribution is 7.98. The van der Waals surface area contributed by atoms with E-state index in [2.05, 4.69) is 5.32 Å². The van der Waals surface area contributed by atoms with Gasteiger partial charge in [-0.15, -0.1) is 0 Å². The van der Waals surface area contributed by atoms with Crippen LogP contribution in [0.25, 0.3) is 0 Å². The van der Waals surface area contributed by atoms with Crippen LogP contribution in [0.5, 0.6) is 0 Å². The lowest BCUT2D eigenvalue weighted by Crippen LogP contribution is -2.30. The maximum atomic E-state index is 11.3. The van der Waals surface area contributed by atoms with Crippen LogP contribution >= 0.6 is 11.8 Å². The van der Waals surface area contributed by atoms with Crippen LogP contribution < -0.4 is 5.32 Å². The minimum Gasteiger partial charge on any atom is -0.345 e. The van der Waals surface area contributed by atoms with Crippen LogP contribution in [-0.4, -0.2) is 50.0 Å². The van der Waals surface area contributed by atoms with Crippen molar-refractivity contribution in [1.29, 1.82) is 0 Å². The lowest BCUT2D eigenvalue weighted by molar-refractivity contribution is -0.129. The molecule has 0 aliphatic heterocycles. The summed E-state index contributed by atoms with van der Waals surface area (Å²) in [5.74, 6) is 1.24. The Morgan fingerprint density at radius 2 is 2.25 bits per heavy atom. The molecule has 0 fully saturated rings. The van der Waals surface area contributed by atoms with Gasteiger partial charge in [0.2, 0.25) is 5.91 Å². The molecule has 0 aliphatic carbocycles. The fourth-order valence-corrected chi connectivity index (χ4v) is 1.23. The molecule has 12 heavy (non-hydrogen) atoms. The van der Waals surface area contributed by atoms with Crippen LogP contribution in [0.4, 0.5) is 0 Å². The van der Waals surface area contributed by atoms with E-state index in [1.54, 1.807) is 16.7 Å². The molecular weight excluding hydrogens is 172 g/mol. The van der Waals surface area contributed by atoms with Crippen molar-refractivity contribution in [3.8, 4) is 0 Å². The van der Waals surface area contributed by atoms with E-state index in [1.165, 1.54) is 0 Å². The Labute approximate surface area is 78.9 Å². The standard InChI is InChI=1S/C8H18N2OS/c1-9-5-4-8(11)10(2)6-7-12-3/h9H,4-7H2,1-3H3. The van der Waals surface area contributed by atoms with E-state index < -0.39 is 0 Å². The van der Waals surface area contributed by atoms with Crippen LogP contribution in [0.3, 0.4) is 0 Å². The van der Waals surface area contributed by atoms with E-state index in [9.17, 15) is 4.79 Å². The summed E-state index contributed by atoms with van der Waals surface area (Å²) in [6, 6.07) is 0. The maximum Gasteiger partial charge on any atom is 0.223 e. The number of nitrogens with zero attached hydrogens (tertiary/aromatic N) is 1. The maximum absolute atomic E-state index is 11.3. The summed E-state index contributed by atoms with van der Waals surface area (Å²) in [5.41, 5.74) is 0. The molecule has 1 N–H and O–H groups in total. The highest BCUT2D eigenvalue weighted by atomic mass is 32.2. The number of nitrogens with one attached hydrogen (secondary N) is 1. The first kappa shape index (κ1) is 11.8. The van der Waals surface area contributed by atoms with Gasteiger partial charge in [-0.25, -0.2) is 0 Å². The van der Waals surface area contributed by atoms with Crippen molar-refractivity contribution in [1.82, 2.24) is 10.2 Å². The lowest BCUT2D eigenvalue weighted by Gasteiger charge is -2.15. The molecule has 0 aromatic heterocycles. The van der Waals surface area contributed by atoms with Crippen molar-refractivity contribution in [2.45, 2.75) is 6.42 Å². The van der Waals surface area contributed by atoms with Gasteiger partial charge in [-0.05, 0) is 13.3 Å². The molecule has 0 bridgehead atoms. The molecule has 0 saturated heterocycles. The number of thioether (sulfide) groups is 1. The van der Waals surface area contributed by atoms with Crippen LogP contribution in [0.1, 0.15) is 6.42 Å². The molecule has 0 aromatic carbocycles. The molecule has 72 valence electrons. The fourth-order valence-electron chi connectivity index (χ4n) is 0.776. The summed E-state index contributed by atoms with van der Waals surface area (Å²) in [7, 11) is 3.71. The van der Waals surface area contributed by atoms with E-state index in [1.807, 2.05) is 20.4 Å². The van der Waals surface area contributed by atoms with Gasteiger partial charge < -0.3 is 10.2 Å². The Morgan fingerprint density at radius 1 is 1.58 bits per heavy atom. The van der Waals surface area contributed by atoms with Crippen molar-refractivity contribution in [2.75, 3.05) is 39.2 Å². The van der Waals surface area contributed by atoms with Crippen molar-refractivity contribution < 1.29 is 4.79 Å². The second-order valence-electron chi connectivity index (χ2n) is 2.66. The summed E-state index contributed by atoms with van der Waals surface area (Å²) >= 11 is 1.76. The molecule has 0 heterocycles. The van der Waals surface area contributed by atoms with Gasteiger partial charge in [-0.2, -0.15) is 11.8 Å². The summed E-state index contributed by atoms with van der Waals surface area (Å²) in [5, 5.41) is 2.96. The Kier molecular flexibility index (Phi) is 7.29. The summed E-state index contributed by atoms with van der Waals surface area (Å²) in [4.78, 5) is 13.1. The van der Waals surface area contributed by atoms with Gasteiger partial charge in [-0.1, -0.05) is 0 Å². The van der Waals surface area contributed by atoms with Gasteiger partial charge in [0.25, 0.3) is 0 Å². The molecule has 4 heteroatoms. The first-order chi connectivity index (χ1) is 5.72. The van der Waals surface area contributed by atoms with Gasteiger partial charge >= 0.3 is 0 Å². The lowest BCUT2D eigenvalue weighted by atomic mass is 10.4. The number of carbonyl (C=O) groups excluding carboxylic acids is 1. The monoisotopic (exact) mass is 190 g/mol. The number of hydrogen-bond donors (Lipinski definition) is 1. The average molecular weight is 190 g/mol. The van der Waals surface area contributed by atoms with Crippen molar-refractivity contribution >= 4 is 17.7 Å². The van der Waals surface area contributed by atoms with Crippen molar-refractivity contribution in [2.24, 2.45) is 0 Å². The molecule has 0 aliphatic rings. The quantitative estimate of drug-likeness (QED) is 0.659. The molecule has 0 aromatic rings. The second kappa shape index (κ2) is 7.43. The molecule has 0 unspecified atom stereocenters. The van der Waals surface area contributed by atoms with E-state index >= 15 is 0 Å². The van der Waals surface area contributed by atoms with Crippen LogP contribution in [-0.2, 0) is 4.79 Å².